The fraction of sp³-hybridized carbons (Fsp3) is 0.353. The van der Waals surface area contributed by atoms with Crippen LogP contribution in [0.5, 0.6) is 0 Å². The van der Waals surface area contributed by atoms with Gasteiger partial charge in [0.25, 0.3) is 0 Å². The van der Waals surface area contributed by atoms with E-state index in [1.54, 1.807) is 23.3 Å². The molecular formula is C17H19N7OS. The number of rotatable bonds is 5. The zero-order chi connectivity index (χ0) is 18.1. The van der Waals surface area contributed by atoms with Gasteiger partial charge in [0.05, 0.1) is 17.6 Å². The number of carbonyl (C=O) groups excluding carboxylic acids is 1. The first-order chi connectivity index (χ1) is 12.6. The van der Waals surface area contributed by atoms with E-state index in [-0.39, 0.29) is 6.03 Å². The maximum atomic E-state index is 12.5. The van der Waals surface area contributed by atoms with Crippen molar-refractivity contribution < 1.29 is 4.79 Å². The minimum absolute atomic E-state index is 0.171. The summed E-state index contributed by atoms with van der Waals surface area (Å²) in [5.41, 5.74) is 1.60. The van der Waals surface area contributed by atoms with Gasteiger partial charge in [0.1, 0.15) is 0 Å². The summed E-state index contributed by atoms with van der Waals surface area (Å²) >= 11 is 1.59. The molecule has 9 heteroatoms. The molecule has 2 heterocycles. The van der Waals surface area contributed by atoms with Gasteiger partial charge in [-0.25, -0.2) is 14.5 Å². The first-order valence-electron chi connectivity index (χ1n) is 8.42. The van der Waals surface area contributed by atoms with E-state index in [9.17, 15) is 4.79 Å². The third kappa shape index (κ3) is 3.57. The van der Waals surface area contributed by atoms with Crippen molar-refractivity contribution >= 4 is 23.1 Å². The fourth-order valence-corrected chi connectivity index (χ4v) is 3.54. The van der Waals surface area contributed by atoms with Gasteiger partial charge in [0.2, 0.25) is 0 Å². The van der Waals surface area contributed by atoms with Crippen molar-refractivity contribution in [2.75, 3.05) is 12.4 Å². The van der Waals surface area contributed by atoms with Crippen LogP contribution < -0.4 is 5.32 Å². The van der Waals surface area contributed by atoms with E-state index in [2.05, 4.69) is 25.8 Å². The summed E-state index contributed by atoms with van der Waals surface area (Å²) in [6, 6.07) is 7.82. The molecule has 0 spiro atoms. The zero-order valence-corrected chi connectivity index (χ0v) is 15.4. The van der Waals surface area contributed by atoms with Crippen molar-refractivity contribution in [2.24, 2.45) is 0 Å². The van der Waals surface area contributed by atoms with Gasteiger partial charge in [-0.1, -0.05) is 12.1 Å². The standard InChI is InChI=1S/C17H19N7OS/c1-11-18-9-15(26-11)10-23(2)17(25)19-13-5-3-4-12(8-13)16-20-21-22-24(16)14-6-7-14/h3-5,8-9,14H,6-7,10H2,1-2H3,(H,19,25). The molecular weight excluding hydrogens is 350 g/mol. The second-order valence-electron chi connectivity index (χ2n) is 6.39. The molecule has 0 saturated heterocycles. The number of hydrogen-bond donors (Lipinski definition) is 1. The molecule has 8 nitrogen and oxygen atoms in total. The molecule has 1 aromatic carbocycles. The summed E-state index contributed by atoms with van der Waals surface area (Å²) in [5.74, 6) is 0.733. The Labute approximate surface area is 154 Å². The molecule has 0 radical (unpaired) electrons. The molecule has 1 fully saturated rings. The Morgan fingerprint density at radius 2 is 2.27 bits per heavy atom. The number of thiazole rings is 1. The van der Waals surface area contributed by atoms with Crippen LogP contribution in [-0.2, 0) is 6.54 Å². The van der Waals surface area contributed by atoms with Gasteiger partial charge < -0.3 is 10.2 Å². The van der Waals surface area contributed by atoms with Gasteiger partial charge in [-0.2, -0.15) is 0 Å². The summed E-state index contributed by atoms with van der Waals surface area (Å²) in [7, 11) is 1.77. The van der Waals surface area contributed by atoms with Crippen molar-refractivity contribution in [3.8, 4) is 11.4 Å². The Hall–Kier alpha value is -2.81. The minimum atomic E-state index is -0.171. The van der Waals surface area contributed by atoms with Gasteiger partial charge in [-0.15, -0.1) is 16.4 Å². The molecule has 3 aromatic rings. The number of urea groups is 1. The number of nitrogens with one attached hydrogen (secondary N) is 1. The Morgan fingerprint density at radius 1 is 1.42 bits per heavy atom. The van der Waals surface area contributed by atoms with Crippen LogP contribution in [0.25, 0.3) is 11.4 Å². The van der Waals surface area contributed by atoms with Gasteiger partial charge in [0.15, 0.2) is 5.82 Å². The predicted octanol–water partition coefficient (Wildman–Crippen LogP) is 3.10. The summed E-state index contributed by atoms with van der Waals surface area (Å²) in [5, 5.41) is 15.9. The van der Waals surface area contributed by atoms with Crippen LogP contribution >= 0.6 is 11.3 Å². The largest absolute Gasteiger partial charge is 0.322 e. The Morgan fingerprint density at radius 3 is 3.00 bits per heavy atom. The number of aromatic nitrogens is 5. The van der Waals surface area contributed by atoms with Crippen LogP contribution in [-0.4, -0.2) is 43.2 Å². The number of hydrogen-bond acceptors (Lipinski definition) is 6. The first-order valence-corrected chi connectivity index (χ1v) is 9.23. The Balaban J connectivity index is 1.46. The van der Waals surface area contributed by atoms with Crippen LogP contribution in [0, 0.1) is 6.92 Å². The van der Waals surface area contributed by atoms with E-state index in [1.807, 2.05) is 42.1 Å². The highest BCUT2D eigenvalue weighted by molar-refractivity contribution is 7.11. The van der Waals surface area contributed by atoms with Crippen LogP contribution in [0.1, 0.15) is 28.8 Å². The molecule has 0 bridgehead atoms. The summed E-state index contributed by atoms with van der Waals surface area (Å²) < 4.78 is 1.86. The van der Waals surface area contributed by atoms with Gasteiger partial charge in [-0.3, -0.25) is 0 Å². The Bertz CT molecular complexity index is 931. The molecule has 26 heavy (non-hydrogen) atoms. The summed E-state index contributed by atoms with van der Waals surface area (Å²) in [6.45, 7) is 2.48. The molecule has 1 N–H and O–H groups in total. The third-order valence-corrected chi connectivity index (χ3v) is 5.06. The molecule has 2 amide bonds. The summed E-state index contributed by atoms with van der Waals surface area (Å²) in [6.07, 6.45) is 4.02. The lowest BCUT2D eigenvalue weighted by Gasteiger charge is -2.17. The number of amides is 2. The third-order valence-electron chi connectivity index (χ3n) is 4.17. The van der Waals surface area contributed by atoms with Crippen molar-refractivity contribution in [3.63, 3.8) is 0 Å². The van der Waals surface area contributed by atoms with E-state index in [0.717, 1.165) is 34.1 Å². The number of benzene rings is 1. The first kappa shape index (κ1) is 16.6. The predicted molar refractivity (Wildman–Crippen MR) is 98.9 cm³/mol. The lowest BCUT2D eigenvalue weighted by Crippen LogP contribution is -2.30. The molecule has 1 aliphatic rings. The van der Waals surface area contributed by atoms with Crippen LogP contribution in [0.15, 0.2) is 30.5 Å². The fourth-order valence-electron chi connectivity index (χ4n) is 2.69. The molecule has 4 rings (SSSR count). The van der Waals surface area contributed by atoms with Crippen LogP contribution in [0.3, 0.4) is 0 Å². The van der Waals surface area contributed by atoms with Gasteiger partial charge >= 0.3 is 6.03 Å². The average Bonchev–Trinajstić information content (AvgIpc) is 3.21. The summed E-state index contributed by atoms with van der Waals surface area (Å²) in [4.78, 5) is 19.4. The smallest absolute Gasteiger partial charge is 0.321 e. The van der Waals surface area contributed by atoms with E-state index in [0.29, 0.717) is 18.3 Å². The lowest BCUT2D eigenvalue weighted by atomic mass is 10.2. The van der Waals surface area contributed by atoms with Crippen molar-refractivity contribution in [3.05, 3.63) is 40.3 Å². The van der Waals surface area contributed by atoms with E-state index in [4.69, 9.17) is 0 Å². The zero-order valence-electron chi connectivity index (χ0n) is 14.6. The molecule has 2 aromatic heterocycles. The highest BCUT2D eigenvalue weighted by atomic mass is 32.1. The Kier molecular flexibility index (Phi) is 4.37. The van der Waals surface area contributed by atoms with Crippen LogP contribution in [0.4, 0.5) is 10.5 Å². The highest BCUT2D eigenvalue weighted by Gasteiger charge is 2.28. The quantitative estimate of drug-likeness (QED) is 0.746. The molecule has 0 aliphatic heterocycles. The SMILES string of the molecule is Cc1ncc(CN(C)C(=O)Nc2cccc(-c3nnnn3C3CC3)c2)s1. The highest BCUT2D eigenvalue weighted by Crippen LogP contribution is 2.36. The number of tetrazole rings is 1. The molecule has 0 unspecified atom stereocenters. The van der Waals surface area contributed by atoms with Crippen molar-refractivity contribution in [1.29, 1.82) is 0 Å². The molecule has 134 valence electrons. The maximum Gasteiger partial charge on any atom is 0.321 e. The minimum Gasteiger partial charge on any atom is -0.322 e. The van der Waals surface area contributed by atoms with Gasteiger partial charge in [0, 0.05) is 29.4 Å². The normalized spacial score (nSPS) is 13.6. The number of anilines is 1. The average molecular weight is 369 g/mol. The second kappa shape index (κ2) is 6.83. The monoisotopic (exact) mass is 369 g/mol. The molecule has 1 saturated carbocycles. The number of nitrogens with zero attached hydrogens (tertiary/aromatic N) is 6. The maximum absolute atomic E-state index is 12.5. The van der Waals surface area contributed by atoms with E-state index in [1.165, 1.54) is 0 Å². The number of carbonyl (C=O) groups is 1. The lowest BCUT2D eigenvalue weighted by molar-refractivity contribution is 0.221. The molecule has 0 atom stereocenters. The van der Waals surface area contributed by atoms with E-state index < -0.39 is 0 Å². The van der Waals surface area contributed by atoms with Crippen molar-refractivity contribution in [2.45, 2.75) is 32.4 Å². The van der Waals surface area contributed by atoms with Gasteiger partial charge in [-0.05, 0) is 42.3 Å². The molecule has 1 aliphatic carbocycles. The van der Waals surface area contributed by atoms with E-state index >= 15 is 0 Å². The second-order valence-corrected chi connectivity index (χ2v) is 7.71. The van der Waals surface area contributed by atoms with Crippen molar-refractivity contribution in [1.82, 2.24) is 30.1 Å². The van der Waals surface area contributed by atoms with Crippen LogP contribution in [0.2, 0.25) is 0 Å². The topological polar surface area (TPSA) is 88.8 Å². The number of aryl methyl sites for hydroxylation is 1.